The van der Waals surface area contributed by atoms with Gasteiger partial charge in [0.15, 0.2) is 0 Å². The van der Waals surface area contributed by atoms with Gasteiger partial charge in [-0.15, -0.1) is 0 Å². The molecule has 10 aromatic rings. The highest BCUT2D eigenvalue weighted by Gasteiger charge is 2.27. The maximum atomic E-state index is 16.1. The molecule has 0 aliphatic carbocycles. The summed E-state index contributed by atoms with van der Waals surface area (Å²) < 4.78 is 61.2. The van der Waals surface area contributed by atoms with E-state index in [-0.39, 0.29) is 11.4 Å². The molecule has 10 aromatic carbocycles. The molecule has 0 aromatic heterocycles. The summed E-state index contributed by atoms with van der Waals surface area (Å²) in [5.41, 5.74) is 6.87. The molecule has 0 aliphatic rings. The molecule has 58 heavy (non-hydrogen) atoms. The topological polar surface area (TPSA) is 6.48 Å². The van der Waals surface area contributed by atoms with Crippen LogP contribution in [0.15, 0.2) is 194 Å². The quantitative estimate of drug-likeness (QED) is 0.112. The van der Waals surface area contributed by atoms with Gasteiger partial charge in [-0.05, 0) is 93.7 Å². The Hall–Kier alpha value is -7.44. The van der Waals surface area contributed by atoms with Gasteiger partial charge in [0.1, 0.15) is 23.3 Å². The van der Waals surface area contributed by atoms with Crippen molar-refractivity contribution < 1.29 is 17.6 Å². The SMILES string of the molecule is Fc1ccc(N(c2ccccc2)c2cc(-c3ccccc3)c3ccc4c(N(c5ccccc5)c5ccc(F)cc5F)cc(-c5ccccc5)c5ccc2c3c54)c(F)c1. The maximum Gasteiger partial charge on any atom is 0.150 e. The van der Waals surface area contributed by atoms with Gasteiger partial charge in [0.05, 0.1) is 22.7 Å². The van der Waals surface area contributed by atoms with Gasteiger partial charge < -0.3 is 9.80 Å². The van der Waals surface area contributed by atoms with Gasteiger partial charge in [0.2, 0.25) is 0 Å². The summed E-state index contributed by atoms with van der Waals surface area (Å²) in [4.78, 5) is 3.69. The molecule has 0 saturated heterocycles. The normalized spacial score (nSPS) is 11.4. The molecule has 0 heterocycles. The van der Waals surface area contributed by atoms with Gasteiger partial charge in [0, 0.05) is 45.1 Å². The average molecular weight is 761 g/mol. The van der Waals surface area contributed by atoms with Gasteiger partial charge in [-0.1, -0.05) is 121 Å². The fourth-order valence-electron chi connectivity index (χ4n) is 8.33. The van der Waals surface area contributed by atoms with Crippen LogP contribution in [0.1, 0.15) is 0 Å². The second-order valence-corrected chi connectivity index (χ2v) is 14.2. The molecule has 0 N–H and O–H groups in total. The van der Waals surface area contributed by atoms with Gasteiger partial charge in [-0.3, -0.25) is 0 Å². The predicted molar refractivity (Wildman–Crippen MR) is 230 cm³/mol. The summed E-state index contributed by atoms with van der Waals surface area (Å²) >= 11 is 0. The first-order chi connectivity index (χ1) is 28.4. The van der Waals surface area contributed by atoms with Gasteiger partial charge >= 0.3 is 0 Å². The van der Waals surface area contributed by atoms with Crippen LogP contribution >= 0.6 is 0 Å². The molecular weight excluding hydrogens is 729 g/mol. The zero-order valence-electron chi connectivity index (χ0n) is 30.9. The van der Waals surface area contributed by atoms with Crippen molar-refractivity contribution in [2.24, 2.45) is 0 Å². The number of halogens is 4. The Morgan fingerprint density at radius 2 is 0.638 bits per heavy atom. The lowest BCUT2D eigenvalue weighted by molar-refractivity contribution is 0.583. The van der Waals surface area contributed by atoms with Crippen molar-refractivity contribution in [1.29, 1.82) is 0 Å². The smallest absolute Gasteiger partial charge is 0.150 e. The zero-order chi connectivity index (χ0) is 39.3. The average Bonchev–Trinajstić information content (AvgIpc) is 3.26. The largest absolute Gasteiger partial charge is 0.307 e. The van der Waals surface area contributed by atoms with Crippen LogP contribution in [-0.4, -0.2) is 0 Å². The lowest BCUT2D eigenvalue weighted by atomic mass is 9.85. The summed E-state index contributed by atoms with van der Waals surface area (Å²) in [6, 6.07) is 58.9. The molecule has 2 nitrogen and oxygen atoms in total. The number of hydrogen-bond donors (Lipinski definition) is 0. The van der Waals surface area contributed by atoms with Crippen LogP contribution in [-0.2, 0) is 0 Å². The van der Waals surface area contributed by atoms with Gasteiger partial charge in [-0.25, -0.2) is 17.6 Å². The summed E-state index contributed by atoms with van der Waals surface area (Å²) in [7, 11) is 0. The van der Waals surface area contributed by atoms with E-state index in [1.54, 1.807) is 0 Å². The van der Waals surface area contributed by atoms with Crippen molar-refractivity contribution >= 4 is 66.4 Å². The van der Waals surface area contributed by atoms with E-state index in [2.05, 4.69) is 60.7 Å². The van der Waals surface area contributed by atoms with Gasteiger partial charge in [0.25, 0.3) is 0 Å². The van der Waals surface area contributed by atoms with Crippen molar-refractivity contribution in [3.05, 3.63) is 217 Å². The first-order valence-corrected chi connectivity index (χ1v) is 18.9. The number of nitrogens with zero attached hydrogens (tertiary/aromatic N) is 2. The molecule has 278 valence electrons. The highest BCUT2D eigenvalue weighted by molar-refractivity contribution is 6.32. The third-order valence-corrected chi connectivity index (χ3v) is 10.8. The van der Waals surface area contributed by atoms with Crippen molar-refractivity contribution in [1.82, 2.24) is 0 Å². The van der Waals surface area contributed by atoms with E-state index in [0.29, 0.717) is 22.7 Å². The van der Waals surface area contributed by atoms with Crippen LogP contribution in [0.3, 0.4) is 0 Å². The van der Waals surface area contributed by atoms with Crippen LogP contribution in [0.2, 0.25) is 0 Å². The molecule has 0 radical (unpaired) electrons. The summed E-state index contributed by atoms with van der Waals surface area (Å²) in [6.45, 7) is 0. The summed E-state index contributed by atoms with van der Waals surface area (Å²) in [6.07, 6.45) is 0. The predicted octanol–water partition coefficient (Wildman–Crippen LogP) is 15.4. The highest BCUT2D eigenvalue weighted by atomic mass is 19.1. The minimum Gasteiger partial charge on any atom is -0.307 e. The number of benzene rings is 10. The van der Waals surface area contributed by atoms with Crippen LogP contribution in [0, 0.1) is 23.3 Å². The second kappa shape index (κ2) is 14.3. The highest BCUT2D eigenvalue weighted by Crippen LogP contribution is 2.52. The fourth-order valence-corrected chi connectivity index (χ4v) is 8.33. The van der Waals surface area contributed by atoms with E-state index < -0.39 is 23.3 Å². The Kier molecular flexibility index (Phi) is 8.60. The minimum atomic E-state index is -0.704. The standard InChI is InChI=1S/C52H32F4N2/c53-35-21-27-47(45(55)29-35)57(37-17-9-3-10-18-37)49-31-43(33-13-5-1-6-14-33)39-23-25-42-50(58(38-19-11-4-12-20-38)48-28-22-36(54)30-46(48)56)32-44(34-15-7-2-8-16-34)40-24-26-41(49)51(39)52(40)42/h1-32H. The van der Waals surface area contributed by atoms with Crippen molar-refractivity contribution in [2.75, 3.05) is 9.80 Å². The molecule has 0 fully saturated rings. The Bertz CT molecular complexity index is 2890. The van der Waals surface area contributed by atoms with E-state index in [1.165, 1.54) is 24.3 Å². The van der Waals surface area contributed by atoms with Gasteiger partial charge in [-0.2, -0.15) is 0 Å². The monoisotopic (exact) mass is 760 g/mol. The Morgan fingerprint density at radius 3 is 1.00 bits per heavy atom. The van der Waals surface area contributed by atoms with Crippen molar-refractivity contribution in [3.8, 4) is 22.3 Å². The number of rotatable bonds is 8. The lowest BCUT2D eigenvalue weighted by Crippen LogP contribution is -2.14. The first-order valence-electron chi connectivity index (χ1n) is 18.9. The second-order valence-electron chi connectivity index (χ2n) is 14.2. The maximum absolute atomic E-state index is 16.1. The third-order valence-electron chi connectivity index (χ3n) is 10.8. The molecule has 6 heteroatoms. The third kappa shape index (κ3) is 5.89. The molecule has 0 amide bonds. The van der Waals surface area contributed by atoms with Crippen LogP contribution in [0.5, 0.6) is 0 Å². The van der Waals surface area contributed by atoms with Crippen LogP contribution in [0.4, 0.5) is 51.7 Å². The van der Waals surface area contributed by atoms with Crippen molar-refractivity contribution in [3.63, 3.8) is 0 Å². The first kappa shape index (κ1) is 35.0. The fraction of sp³-hybridized carbons (Fsp3) is 0. The Labute approximate surface area is 332 Å². The molecule has 0 saturated carbocycles. The van der Waals surface area contributed by atoms with E-state index in [0.717, 1.165) is 66.7 Å². The number of para-hydroxylation sites is 2. The molecular formula is C52H32F4N2. The van der Waals surface area contributed by atoms with Crippen molar-refractivity contribution in [2.45, 2.75) is 0 Å². The molecule has 0 spiro atoms. The lowest BCUT2D eigenvalue weighted by Gasteiger charge is -2.31. The Morgan fingerprint density at radius 1 is 0.293 bits per heavy atom. The summed E-state index contributed by atoms with van der Waals surface area (Å²) in [5, 5.41) is 5.42. The number of hydrogen-bond acceptors (Lipinski definition) is 2. The Balaban J connectivity index is 1.39. The molecule has 0 unspecified atom stereocenters. The van der Waals surface area contributed by atoms with Crippen LogP contribution in [0.25, 0.3) is 54.6 Å². The van der Waals surface area contributed by atoms with E-state index >= 15 is 8.78 Å². The summed E-state index contributed by atoms with van der Waals surface area (Å²) in [5.74, 6) is -2.75. The number of anilines is 6. The minimum absolute atomic E-state index is 0.189. The van der Waals surface area contributed by atoms with E-state index in [4.69, 9.17) is 0 Å². The molecule has 0 aliphatic heterocycles. The molecule has 0 atom stereocenters. The van der Waals surface area contributed by atoms with Crippen LogP contribution < -0.4 is 9.80 Å². The molecule has 10 rings (SSSR count). The van der Waals surface area contributed by atoms with E-state index in [9.17, 15) is 8.78 Å². The van der Waals surface area contributed by atoms with E-state index in [1.807, 2.05) is 107 Å². The molecule has 0 bridgehead atoms. The zero-order valence-corrected chi connectivity index (χ0v) is 30.9.